The first-order chi connectivity index (χ1) is 21.7. The van der Waals surface area contributed by atoms with E-state index in [-0.39, 0.29) is 43.3 Å². The number of Topliss-reactive ketones (excluding diaryl/α,β-unsaturated/α-hetero) is 1. The normalized spacial score (nSPS) is 18.1. The second kappa shape index (κ2) is 14.2. The van der Waals surface area contributed by atoms with E-state index in [1.165, 1.54) is 60.7 Å². The molecule has 4 aromatic carbocycles. The van der Waals surface area contributed by atoms with Crippen molar-refractivity contribution in [3.05, 3.63) is 142 Å². The van der Waals surface area contributed by atoms with Gasteiger partial charge in [-0.15, -0.1) is 0 Å². The van der Waals surface area contributed by atoms with Gasteiger partial charge in [0, 0.05) is 36.1 Å². The molecule has 45 heavy (non-hydrogen) atoms. The van der Waals surface area contributed by atoms with Crippen molar-refractivity contribution in [3.8, 4) is 0 Å². The smallest absolute Gasteiger partial charge is 0.310 e. The second-order valence-electron chi connectivity index (χ2n) is 11.2. The summed E-state index contributed by atoms with van der Waals surface area (Å²) in [5.74, 6) is -3.53. The molecule has 0 aromatic heterocycles. The number of non-ortho nitro benzene ring substituents is 1. The van der Waals surface area contributed by atoms with Crippen LogP contribution >= 0.6 is 0 Å². The predicted octanol–water partition coefficient (Wildman–Crippen LogP) is 7.07. The van der Waals surface area contributed by atoms with Crippen molar-refractivity contribution >= 4 is 23.1 Å². The maximum Gasteiger partial charge on any atom is 0.310 e. The summed E-state index contributed by atoms with van der Waals surface area (Å²) in [6, 6.07) is 25.3. The van der Waals surface area contributed by atoms with Gasteiger partial charge in [-0.1, -0.05) is 54.6 Å². The molecule has 0 saturated carbocycles. The summed E-state index contributed by atoms with van der Waals surface area (Å²) in [6.45, 7) is 0.147. The van der Waals surface area contributed by atoms with E-state index in [1.54, 1.807) is 12.1 Å². The number of carbonyl (C=O) groups is 2. The van der Waals surface area contributed by atoms with Gasteiger partial charge < -0.3 is 15.2 Å². The highest BCUT2D eigenvalue weighted by molar-refractivity contribution is 5.88. The Morgan fingerprint density at radius 3 is 2.11 bits per heavy atom. The molecule has 1 heterocycles. The number of nitro benzene ring substituents is 1. The Labute approximate surface area is 258 Å². The number of rotatable bonds is 13. The van der Waals surface area contributed by atoms with E-state index in [9.17, 15) is 33.6 Å². The van der Waals surface area contributed by atoms with Crippen molar-refractivity contribution in [1.29, 1.82) is 0 Å². The van der Waals surface area contributed by atoms with Gasteiger partial charge in [-0.05, 0) is 65.9 Å². The molecule has 1 fully saturated rings. The highest BCUT2D eigenvalue weighted by atomic mass is 19.1. The highest BCUT2D eigenvalue weighted by Gasteiger charge is 2.41. The summed E-state index contributed by atoms with van der Waals surface area (Å²) in [5.41, 5.74) is 2.27. The molecule has 1 unspecified atom stereocenters. The van der Waals surface area contributed by atoms with Crippen molar-refractivity contribution < 1.29 is 33.1 Å². The zero-order chi connectivity index (χ0) is 31.9. The van der Waals surface area contributed by atoms with Crippen molar-refractivity contribution in [2.75, 3.05) is 11.9 Å². The largest absolute Gasteiger partial charge is 0.465 e. The lowest BCUT2D eigenvalue weighted by atomic mass is 9.78. The van der Waals surface area contributed by atoms with Gasteiger partial charge in [-0.2, -0.15) is 0 Å². The molecule has 10 heteroatoms. The Morgan fingerprint density at radius 2 is 1.49 bits per heavy atom. The van der Waals surface area contributed by atoms with Gasteiger partial charge in [-0.25, -0.2) is 8.78 Å². The summed E-state index contributed by atoms with van der Waals surface area (Å²) in [6.07, 6.45) is -0.888. The lowest BCUT2D eigenvalue weighted by molar-refractivity contribution is -0.384. The van der Waals surface area contributed by atoms with E-state index < -0.39 is 46.5 Å². The Hall–Kier alpha value is -4.96. The molecular weight excluding hydrogens is 582 g/mol. The molecule has 0 radical (unpaired) electrons. The molecular formula is C35H32F2N2O6. The van der Waals surface area contributed by atoms with Crippen molar-refractivity contribution in [3.63, 3.8) is 0 Å². The van der Waals surface area contributed by atoms with Gasteiger partial charge >= 0.3 is 5.97 Å². The summed E-state index contributed by atoms with van der Waals surface area (Å²) in [5, 5.41) is 25.6. The number of ketones is 1. The molecule has 1 aliphatic rings. The van der Waals surface area contributed by atoms with Crippen LogP contribution in [0.25, 0.3) is 0 Å². The number of carbonyl (C=O) groups excluding carboxylic acids is 2. The minimum Gasteiger partial charge on any atom is -0.465 e. The lowest BCUT2D eigenvalue weighted by Crippen LogP contribution is -2.31. The van der Waals surface area contributed by atoms with Crippen LogP contribution in [-0.2, 0) is 14.3 Å². The van der Waals surface area contributed by atoms with Crippen LogP contribution in [-0.4, -0.2) is 28.4 Å². The number of ether oxygens (including phenoxy) is 1. The van der Waals surface area contributed by atoms with Crippen LogP contribution in [0.3, 0.4) is 0 Å². The van der Waals surface area contributed by atoms with E-state index in [0.29, 0.717) is 16.8 Å². The number of nitrogens with zero attached hydrogens (tertiary/aromatic N) is 1. The number of cyclic esters (lactones) is 1. The van der Waals surface area contributed by atoms with E-state index in [4.69, 9.17) is 4.74 Å². The Morgan fingerprint density at radius 1 is 0.889 bits per heavy atom. The molecule has 0 amide bonds. The maximum atomic E-state index is 14.3. The number of aliphatic hydroxyl groups is 1. The minimum atomic E-state index is -1.02. The van der Waals surface area contributed by atoms with Crippen molar-refractivity contribution in [2.24, 2.45) is 11.8 Å². The van der Waals surface area contributed by atoms with Gasteiger partial charge in [0.15, 0.2) is 0 Å². The highest BCUT2D eigenvalue weighted by Crippen LogP contribution is 2.39. The fourth-order valence-electron chi connectivity index (χ4n) is 5.83. The first-order valence-corrected chi connectivity index (χ1v) is 14.6. The van der Waals surface area contributed by atoms with Crippen LogP contribution in [0.15, 0.2) is 103 Å². The monoisotopic (exact) mass is 614 g/mol. The number of nitro groups is 1. The van der Waals surface area contributed by atoms with Crippen LogP contribution in [0.1, 0.15) is 54.0 Å². The molecule has 4 aromatic rings. The van der Waals surface area contributed by atoms with E-state index in [0.717, 1.165) is 5.56 Å². The van der Waals surface area contributed by atoms with E-state index in [2.05, 4.69) is 5.32 Å². The topological polar surface area (TPSA) is 119 Å². The predicted molar refractivity (Wildman–Crippen MR) is 163 cm³/mol. The third-order valence-corrected chi connectivity index (χ3v) is 8.29. The summed E-state index contributed by atoms with van der Waals surface area (Å²) < 4.78 is 32.7. The van der Waals surface area contributed by atoms with Gasteiger partial charge in [0.2, 0.25) is 0 Å². The number of esters is 1. The first kappa shape index (κ1) is 31.5. The summed E-state index contributed by atoms with van der Waals surface area (Å²) in [7, 11) is 0. The first-order valence-electron chi connectivity index (χ1n) is 14.6. The third-order valence-electron chi connectivity index (χ3n) is 8.29. The number of aliphatic hydroxyl groups excluding tert-OH is 1. The zero-order valence-corrected chi connectivity index (χ0v) is 24.2. The molecule has 0 aliphatic carbocycles. The van der Waals surface area contributed by atoms with Gasteiger partial charge in [0.25, 0.3) is 5.69 Å². The Balaban J connectivity index is 1.49. The molecule has 2 N–H and O–H groups in total. The van der Waals surface area contributed by atoms with Crippen LogP contribution in [0.2, 0.25) is 0 Å². The van der Waals surface area contributed by atoms with Gasteiger partial charge in [-0.3, -0.25) is 19.7 Å². The van der Waals surface area contributed by atoms with Crippen molar-refractivity contribution in [1.82, 2.24) is 0 Å². The number of hydrogen-bond acceptors (Lipinski definition) is 7. The summed E-state index contributed by atoms with van der Waals surface area (Å²) in [4.78, 5) is 38.0. The molecule has 1 aliphatic heterocycles. The molecule has 0 bridgehead atoms. The molecule has 0 spiro atoms. The SMILES string of the molecule is O=C1OC[C@H](c2ccccc2)C1CC(=O)[C@H](CC[C@H](O)c1ccc(F)cc1)[C@H](Nc1ccc(F)cc1)c1ccc([N+](=O)[O-])cc1. The Kier molecular flexibility index (Phi) is 9.94. The molecule has 5 atom stereocenters. The number of anilines is 1. The number of benzene rings is 4. The third kappa shape index (κ3) is 7.77. The van der Waals surface area contributed by atoms with Gasteiger partial charge in [0.05, 0.1) is 29.6 Å². The van der Waals surface area contributed by atoms with Crippen molar-refractivity contribution in [2.45, 2.75) is 37.3 Å². The Bertz CT molecular complexity index is 1620. The number of nitrogens with one attached hydrogen (secondary N) is 1. The number of halogens is 2. The van der Waals surface area contributed by atoms with E-state index >= 15 is 0 Å². The maximum absolute atomic E-state index is 14.3. The zero-order valence-electron chi connectivity index (χ0n) is 24.2. The molecule has 232 valence electrons. The fraction of sp³-hybridized carbons (Fsp3) is 0.257. The molecule has 5 rings (SSSR count). The lowest BCUT2D eigenvalue weighted by Gasteiger charge is -2.30. The van der Waals surface area contributed by atoms with Crippen LogP contribution in [0.5, 0.6) is 0 Å². The average molecular weight is 615 g/mol. The second-order valence-corrected chi connectivity index (χ2v) is 11.2. The van der Waals surface area contributed by atoms with E-state index in [1.807, 2.05) is 30.3 Å². The average Bonchev–Trinajstić information content (AvgIpc) is 3.41. The molecule has 8 nitrogen and oxygen atoms in total. The molecule has 1 saturated heterocycles. The van der Waals surface area contributed by atoms with Crippen LogP contribution < -0.4 is 5.32 Å². The quantitative estimate of drug-likeness (QED) is 0.0939. The number of hydrogen-bond donors (Lipinski definition) is 2. The van der Waals surface area contributed by atoms with Crippen LogP contribution in [0.4, 0.5) is 20.2 Å². The minimum absolute atomic E-state index is 0.119. The fourth-order valence-corrected chi connectivity index (χ4v) is 5.83. The van der Waals surface area contributed by atoms with Crippen LogP contribution in [0, 0.1) is 33.6 Å². The summed E-state index contributed by atoms with van der Waals surface area (Å²) >= 11 is 0. The van der Waals surface area contributed by atoms with Gasteiger partial charge in [0.1, 0.15) is 17.4 Å². The standard InChI is InChI=1S/C35H32F2N2O6/c36-25-10-6-23(7-11-25)32(40)19-18-29(33(41)20-30-31(21-45-35(30)42)22-4-2-1-3-5-22)34(38-27-14-12-26(37)13-15-27)24-8-16-28(17-9-24)39(43)44/h1-17,29-32,34,38,40H,18-21H2/t29-,30?,31+,32-,34+/m0/s1.